The van der Waals surface area contributed by atoms with E-state index in [-0.39, 0.29) is 5.91 Å². The van der Waals surface area contributed by atoms with Gasteiger partial charge < -0.3 is 10.6 Å². The van der Waals surface area contributed by atoms with Crippen LogP contribution in [0.2, 0.25) is 0 Å². The molecule has 3 aromatic rings. The van der Waals surface area contributed by atoms with Crippen LogP contribution in [0.25, 0.3) is 5.82 Å². The van der Waals surface area contributed by atoms with Gasteiger partial charge in [-0.2, -0.15) is 5.10 Å². The summed E-state index contributed by atoms with van der Waals surface area (Å²) in [5, 5.41) is 18.2. The number of aromatic nitrogens is 4. The molecule has 0 radical (unpaired) electrons. The first kappa shape index (κ1) is 16.1. The van der Waals surface area contributed by atoms with Gasteiger partial charge in [-0.15, -0.1) is 10.2 Å². The number of nitrogens with zero attached hydrogens (tertiary/aromatic N) is 4. The highest BCUT2D eigenvalue weighted by atomic mass is 79.9. The highest BCUT2D eigenvalue weighted by Crippen LogP contribution is 2.11. The number of benzene rings is 1. The van der Waals surface area contributed by atoms with Crippen molar-refractivity contribution in [3.05, 3.63) is 64.9 Å². The van der Waals surface area contributed by atoms with Crippen molar-refractivity contribution in [1.82, 2.24) is 25.3 Å². The van der Waals surface area contributed by atoms with Crippen molar-refractivity contribution in [2.75, 3.05) is 18.4 Å². The molecule has 0 aliphatic rings. The number of nitrogens with one attached hydrogen (secondary N) is 2. The first-order valence-electron chi connectivity index (χ1n) is 7.34. The largest absolute Gasteiger partial charge is 0.367 e. The molecule has 0 saturated carbocycles. The molecule has 0 aliphatic heterocycles. The molecular weight excluding hydrogens is 372 g/mol. The van der Waals surface area contributed by atoms with Crippen molar-refractivity contribution < 1.29 is 4.79 Å². The number of amides is 1. The van der Waals surface area contributed by atoms with Gasteiger partial charge in [-0.1, -0.05) is 22.0 Å². The third-order valence-corrected chi connectivity index (χ3v) is 3.69. The van der Waals surface area contributed by atoms with Gasteiger partial charge in [-0.05, 0) is 36.4 Å². The fraction of sp³-hybridized carbons (Fsp3) is 0.125. The van der Waals surface area contributed by atoms with E-state index in [0.29, 0.717) is 30.3 Å². The maximum atomic E-state index is 12.0. The molecule has 8 heteroatoms. The highest BCUT2D eigenvalue weighted by Gasteiger charge is 2.05. The van der Waals surface area contributed by atoms with E-state index in [9.17, 15) is 4.79 Å². The molecule has 0 atom stereocenters. The van der Waals surface area contributed by atoms with Crippen LogP contribution in [0.3, 0.4) is 0 Å². The van der Waals surface area contributed by atoms with Gasteiger partial charge in [0.1, 0.15) is 5.82 Å². The lowest BCUT2D eigenvalue weighted by Crippen LogP contribution is -2.28. The van der Waals surface area contributed by atoms with Crippen molar-refractivity contribution in [3.8, 4) is 5.82 Å². The standard InChI is InChI=1S/C16H15BrN6O/c17-13-4-1-3-12(11-13)16(24)19-9-8-18-14-5-6-15(22-21-14)23-10-2-7-20-23/h1-7,10-11H,8-9H2,(H,18,21)(H,19,24). The molecule has 2 N–H and O–H groups in total. The van der Waals surface area contributed by atoms with E-state index >= 15 is 0 Å². The molecule has 1 amide bonds. The van der Waals surface area contributed by atoms with Crippen LogP contribution < -0.4 is 10.6 Å². The highest BCUT2D eigenvalue weighted by molar-refractivity contribution is 9.10. The van der Waals surface area contributed by atoms with Crippen molar-refractivity contribution in [2.24, 2.45) is 0 Å². The van der Waals surface area contributed by atoms with Gasteiger partial charge in [-0.25, -0.2) is 4.68 Å². The van der Waals surface area contributed by atoms with Crippen molar-refractivity contribution in [2.45, 2.75) is 0 Å². The van der Waals surface area contributed by atoms with Crippen LogP contribution in [-0.4, -0.2) is 39.0 Å². The number of rotatable bonds is 6. The minimum Gasteiger partial charge on any atom is -0.367 e. The summed E-state index contributed by atoms with van der Waals surface area (Å²) in [7, 11) is 0. The first-order valence-corrected chi connectivity index (χ1v) is 8.13. The molecule has 0 fully saturated rings. The minimum absolute atomic E-state index is 0.113. The average Bonchev–Trinajstić information content (AvgIpc) is 3.14. The van der Waals surface area contributed by atoms with E-state index < -0.39 is 0 Å². The van der Waals surface area contributed by atoms with Crippen LogP contribution in [0, 0.1) is 0 Å². The number of hydrogen-bond acceptors (Lipinski definition) is 5. The summed E-state index contributed by atoms with van der Waals surface area (Å²) >= 11 is 3.35. The fourth-order valence-electron chi connectivity index (χ4n) is 2.04. The summed E-state index contributed by atoms with van der Waals surface area (Å²) in [6.07, 6.45) is 3.48. The van der Waals surface area contributed by atoms with Crippen LogP contribution >= 0.6 is 15.9 Å². The van der Waals surface area contributed by atoms with Crippen LogP contribution in [0.15, 0.2) is 59.3 Å². The molecule has 0 aliphatic carbocycles. The summed E-state index contributed by atoms with van der Waals surface area (Å²) in [6, 6.07) is 12.7. The van der Waals surface area contributed by atoms with Crippen molar-refractivity contribution >= 4 is 27.7 Å². The zero-order valence-corrected chi connectivity index (χ0v) is 14.3. The van der Waals surface area contributed by atoms with Crippen LogP contribution in [0.1, 0.15) is 10.4 Å². The first-order chi connectivity index (χ1) is 11.7. The van der Waals surface area contributed by atoms with Gasteiger partial charge in [-0.3, -0.25) is 4.79 Å². The Morgan fingerprint density at radius 2 is 2.04 bits per heavy atom. The molecule has 0 saturated heterocycles. The lowest BCUT2D eigenvalue weighted by molar-refractivity contribution is 0.0955. The zero-order chi connectivity index (χ0) is 16.8. The fourth-order valence-corrected chi connectivity index (χ4v) is 2.44. The van der Waals surface area contributed by atoms with E-state index in [1.54, 1.807) is 29.2 Å². The Bertz CT molecular complexity index is 804. The maximum Gasteiger partial charge on any atom is 0.251 e. The van der Waals surface area contributed by atoms with Gasteiger partial charge in [0.05, 0.1) is 0 Å². The Labute approximate surface area is 147 Å². The zero-order valence-electron chi connectivity index (χ0n) is 12.7. The molecule has 0 bridgehead atoms. The van der Waals surface area contributed by atoms with Gasteiger partial charge in [0.25, 0.3) is 5.91 Å². The van der Waals surface area contributed by atoms with Crippen LogP contribution in [0.4, 0.5) is 5.82 Å². The number of carbonyl (C=O) groups excluding carboxylic acids is 1. The topological polar surface area (TPSA) is 84.7 Å². The molecule has 2 aromatic heterocycles. The summed E-state index contributed by atoms with van der Waals surface area (Å²) in [6.45, 7) is 1.03. The summed E-state index contributed by atoms with van der Waals surface area (Å²) in [5.41, 5.74) is 0.618. The average molecular weight is 387 g/mol. The predicted octanol–water partition coefficient (Wildman–Crippen LogP) is 2.27. The van der Waals surface area contributed by atoms with E-state index in [0.717, 1.165) is 4.47 Å². The lowest BCUT2D eigenvalue weighted by Gasteiger charge is -2.08. The molecule has 7 nitrogen and oxygen atoms in total. The second-order valence-electron chi connectivity index (χ2n) is 4.92. The molecule has 0 spiro atoms. The van der Waals surface area contributed by atoms with Crippen LogP contribution in [-0.2, 0) is 0 Å². The maximum absolute atomic E-state index is 12.0. The van der Waals surface area contributed by atoms with Gasteiger partial charge in [0.2, 0.25) is 0 Å². The molecule has 24 heavy (non-hydrogen) atoms. The van der Waals surface area contributed by atoms with E-state index in [1.807, 2.05) is 30.3 Å². The SMILES string of the molecule is O=C(NCCNc1ccc(-n2cccn2)nn1)c1cccc(Br)c1. The predicted molar refractivity (Wildman–Crippen MR) is 94.1 cm³/mol. The second kappa shape index (κ2) is 7.69. The monoisotopic (exact) mass is 386 g/mol. The van der Waals surface area contributed by atoms with Gasteiger partial charge in [0.15, 0.2) is 5.82 Å². The van der Waals surface area contributed by atoms with E-state index in [4.69, 9.17) is 0 Å². The number of halogens is 1. The summed E-state index contributed by atoms with van der Waals surface area (Å²) in [4.78, 5) is 12.0. The minimum atomic E-state index is -0.113. The quantitative estimate of drug-likeness (QED) is 0.634. The van der Waals surface area contributed by atoms with Crippen LogP contribution in [0.5, 0.6) is 0 Å². The van der Waals surface area contributed by atoms with Gasteiger partial charge >= 0.3 is 0 Å². The van der Waals surface area contributed by atoms with Crippen molar-refractivity contribution in [1.29, 1.82) is 0 Å². The Kier molecular flexibility index (Phi) is 5.17. The lowest BCUT2D eigenvalue weighted by atomic mass is 10.2. The third-order valence-electron chi connectivity index (χ3n) is 3.19. The number of hydrogen-bond donors (Lipinski definition) is 2. The molecule has 2 heterocycles. The number of carbonyl (C=O) groups is 1. The third kappa shape index (κ3) is 4.17. The van der Waals surface area contributed by atoms with E-state index in [1.165, 1.54) is 0 Å². The normalized spacial score (nSPS) is 10.4. The van der Waals surface area contributed by atoms with Gasteiger partial charge in [0, 0.05) is 35.5 Å². The Balaban J connectivity index is 1.46. The molecule has 0 unspecified atom stereocenters. The molecule has 122 valence electrons. The molecular formula is C16H15BrN6O. The summed E-state index contributed by atoms with van der Waals surface area (Å²) in [5.74, 6) is 1.18. The smallest absolute Gasteiger partial charge is 0.251 e. The van der Waals surface area contributed by atoms with Crippen molar-refractivity contribution in [3.63, 3.8) is 0 Å². The molecule has 3 rings (SSSR count). The number of anilines is 1. The Hall–Kier alpha value is -2.74. The Morgan fingerprint density at radius 1 is 1.12 bits per heavy atom. The molecule has 1 aromatic carbocycles. The van der Waals surface area contributed by atoms with E-state index in [2.05, 4.69) is 41.9 Å². The second-order valence-corrected chi connectivity index (χ2v) is 5.84. The Morgan fingerprint density at radius 3 is 2.75 bits per heavy atom. The summed E-state index contributed by atoms with van der Waals surface area (Å²) < 4.78 is 2.51.